The van der Waals surface area contributed by atoms with Crippen LogP contribution in [0.2, 0.25) is 0 Å². The highest BCUT2D eigenvalue weighted by atomic mass is 32.1. The molecule has 11 rings (SSSR count). The summed E-state index contributed by atoms with van der Waals surface area (Å²) in [6, 6.07) is 62.5. The summed E-state index contributed by atoms with van der Waals surface area (Å²) in [6.07, 6.45) is 0. The molecule has 0 aliphatic heterocycles. The molecule has 244 valence electrons. The Kier molecular flexibility index (Phi) is 6.42. The number of hydrogen-bond donors (Lipinski definition) is 0. The van der Waals surface area contributed by atoms with Gasteiger partial charge in [-0.15, -0.1) is 11.3 Å². The molecule has 4 heteroatoms. The number of para-hydroxylation sites is 3. The molecule has 3 aromatic heterocycles. The first-order valence-electron chi connectivity index (χ1n) is 17.5. The Morgan fingerprint density at radius 2 is 0.981 bits per heavy atom. The average Bonchev–Trinajstić information content (AvgIpc) is 3.90. The first kappa shape index (κ1) is 29.1. The molecule has 0 radical (unpaired) electrons. The van der Waals surface area contributed by atoms with Crippen LogP contribution in [0.25, 0.3) is 86.3 Å². The Labute approximate surface area is 303 Å². The lowest BCUT2D eigenvalue weighted by Crippen LogP contribution is -2.10. The summed E-state index contributed by atoms with van der Waals surface area (Å²) in [5.74, 6) is 0. The average molecular weight is 684 g/mol. The fourth-order valence-corrected chi connectivity index (χ4v) is 8.99. The van der Waals surface area contributed by atoms with Crippen molar-refractivity contribution in [3.63, 3.8) is 0 Å². The predicted octanol–water partition coefficient (Wildman–Crippen LogP) is 14.7. The van der Waals surface area contributed by atoms with Crippen molar-refractivity contribution in [3.05, 3.63) is 176 Å². The van der Waals surface area contributed by atoms with Gasteiger partial charge in [-0.05, 0) is 77.4 Å². The Morgan fingerprint density at radius 1 is 0.385 bits per heavy atom. The van der Waals surface area contributed by atoms with E-state index in [2.05, 4.69) is 157 Å². The Morgan fingerprint density at radius 3 is 1.79 bits per heavy atom. The van der Waals surface area contributed by atoms with E-state index in [1.165, 1.54) is 31.3 Å². The number of rotatable bonds is 5. The fourth-order valence-electron chi connectivity index (χ4n) is 7.84. The van der Waals surface area contributed by atoms with Gasteiger partial charge in [0.25, 0.3) is 0 Å². The van der Waals surface area contributed by atoms with Crippen molar-refractivity contribution in [2.45, 2.75) is 0 Å². The molecule has 11 aromatic rings. The van der Waals surface area contributed by atoms with Crippen LogP contribution in [-0.4, -0.2) is 0 Å². The van der Waals surface area contributed by atoms with Crippen LogP contribution in [0.3, 0.4) is 0 Å². The van der Waals surface area contributed by atoms with Gasteiger partial charge in [0.15, 0.2) is 0 Å². The van der Waals surface area contributed by atoms with E-state index in [1.807, 2.05) is 35.6 Å². The summed E-state index contributed by atoms with van der Waals surface area (Å²) in [5, 5.41) is 7.08. The van der Waals surface area contributed by atoms with Crippen molar-refractivity contribution < 1.29 is 8.83 Å². The second-order valence-electron chi connectivity index (χ2n) is 13.3. The number of hydrogen-bond acceptors (Lipinski definition) is 4. The fraction of sp³-hybridized carbons (Fsp3) is 0. The largest absolute Gasteiger partial charge is 0.456 e. The zero-order valence-corrected chi connectivity index (χ0v) is 28.7. The first-order chi connectivity index (χ1) is 25.8. The minimum absolute atomic E-state index is 0.866. The third kappa shape index (κ3) is 4.51. The van der Waals surface area contributed by atoms with Gasteiger partial charge >= 0.3 is 0 Å². The minimum Gasteiger partial charge on any atom is -0.456 e. The molecule has 0 unspecified atom stereocenters. The standard InChI is InChI=1S/C48H29NO2S/c1-4-15-42-36(9-1)39-13-7-12-35(48(39)51-42)31-21-26-34(27-22-31)49(41-14-8-17-44-47(41)40-11-2-5-16-43(40)50-44)33-24-19-30(20-25-33)32-23-28-38-37-10-3-6-18-45(37)52-46(38)29-32/h1-29H. The monoisotopic (exact) mass is 683 g/mol. The van der Waals surface area contributed by atoms with Crippen LogP contribution in [-0.2, 0) is 0 Å². The molecular weight excluding hydrogens is 655 g/mol. The van der Waals surface area contributed by atoms with Crippen molar-refractivity contribution >= 4 is 92.4 Å². The van der Waals surface area contributed by atoms with E-state index in [1.54, 1.807) is 0 Å². The second-order valence-corrected chi connectivity index (χ2v) is 14.4. The topological polar surface area (TPSA) is 29.5 Å². The van der Waals surface area contributed by atoms with Crippen LogP contribution in [0, 0.1) is 0 Å². The molecule has 0 fully saturated rings. The Balaban J connectivity index is 1.04. The smallest absolute Gasteiger partial charge is 0.143 e. The molecule has 0 saturated heterocycles. The van der Waals surface area contributed by atoms with Gasteiger partial charge in [-0.2, -0.15) is 0 Å². The molecule has 3 heterocycles. The maximum atomic E-state index is 6.40. The Hall–Kier alpha value is -6.62. The third-order valence-corrected chi connectivity index (χ3v) is 11.4. The lowest BCUT2D eigenvalue weighted by atomic mass is 10.0. The lowest BCUT2D eigenvalue weighted by Gasteiger charge is -2.26. The van der Waals surface area contributed by atoms with Crippen molar-refractivity contribution in [1.29, 1.82) is 0 Å². The summed E-state index contributed by atoms with van der Waals surface area (Å²) in [6.45, 7) is 0. The summed E-state index contributed by atoms with van der Waals surface area (Å²) < 4.78 is 15.4. The maximum absolute atomic E-state index is 6.40. The van der Waals surface area contributed by atoms with E-state index in [0.29, 0.717) is 0 Å². The van der Waals surface area contributed by atoms with Crippen molar-refractivity contribution in [2.75, 3.05) is 4.90 Å². The number of thiophene rings is 1. The van der Waals surface area contributed by atoms with Crippen LogP contribution in [0.1, 0.15) is 0 Å². The highest BCUT2D eigenvalue weighted by Crippen LogP contribution is 2.44. The first-order valence-corrected chi connectivity index (χ1v) is 18.3. The van der Waals surface area contributed by atoms with E-state index in [0.717, 1.165) is 72.1 Å². The number of benzene rings is 8. The second kappa shape index (κ2) is 11.5. The van der Waals surface area contributed by atoms with Crippen molar-refractivity contribution in [2.24, 2.45) is 0 Å². The highest BCUT2D eigenvalue weighted by molar-refractivity contribution is 7.25. The molecule has 0 atom stereocenters. The normalized spacial score (nSPS) is 11.8. The molecule has 0 aliphatic rings. The SMILES string of the molecule is c1ccc2c(c1)oc1c(-c3ccc(N(c4ccc(-c5ccc6c(c5)sc5ccccc56)cc4)c4cccc5oc6ccccc6c45)cc3)cccc12. The van der Waals surface area contributed by atoms with Gasteiger partial charge in [0.2, 0.25) is 0 Å². The van der Waals surface area contributed by atoms with Gasteiger partial charge in [0.1, 0.15) is 22.3 Å². The molecule has 0 amide bonds. The van der Waals surface area contributed by atoms with Crippen LogP contribution < -0.4 is 4.90 Å². The summed E-state index contributed by atoms with van der Waals surface area (Å²) >= 11 is 1.85. The van der Waals surface area contributed by atoms with Crippen molar-refractivity contribution in [3.8, 4) is 22.3 Å². The van der Waals surface area contributed by atoms with Gasteiger partial charge in [0, 0.05) is 53.3 Å². The Bertz CT molecular complexity index is 3130. The lowest BCUT2D eigenvalue weighted by molar-refractivity contribution is 0.669. The molecule has 3 nitrogen and oxygen atoms in total. The zero-order valence-electron chi connectivity index (χ0n) is 27.9. The van der Waals surface area contributed by atoms with Crippen molar-refractivity contribution in [1.82, 2.24) is 0 Å². The molecule has 0 saturated carbocycles. The molecule has 52 heavy (non-hydrogen) atoms. The molecular formula is C48H29NO2S. The summed E-state index contributed by atoms with van der Waals surface area (Å²) in [7, 11) is 0. The van der Waals surface area contributed by atoms with Crippen LogP contribution >= 0.6 is 11.3 Å². The molecule has 0 spiro atoms. The number of anilines is 3. The number of furan rings is 2. The van der Waals surface area contributed by atoms with Gasteiger partial charge in [-0.25, -0.2) is 0 Å². The van der Waals surface area contributed by atoms with Crippen LogP contribution in [0.4, 0.5) is 17.1 Å². The van der Waals surface area contributed by atoms with E-state index < -0.39 is 0 Å². The highest BCUT2D eigenvalue weighted by Gasteiger charge is 2.20. The van der Waals surface area contributed by atoms with Gasteiger partial charge in [-0.1, -0.05) is 115 Å². The predicted molar refractivity (Wildman–Crippen MR) is 219 cm³/mol. The van der Waals surface area contributed by atoms with Crippen LogP contribution in [0.5, 0.6) is 0 Å². The zero-order chi connectivity index (χ0) is 34.2. The quantitative estimate of drug-likeness (QED) is 0.181. The number of nitrogens with zero attached hydrogens (tertiary/aromatic N) is 1. The maximum Gasteiger partial charge on any atom is 0.143 e. The summed E-state index contributed by atoms with van der Waals surface area (Å²) in [4.78, 5) is 2.34. The van der Waals surface area contributed by atoms with Gasteiger partial charge < -0.3 is 13.7 Å². The van der Waals surface area contributed by atoms with E-state index in [4.69, 9.17) is 8.83 Å². The van der Waals surface area contributed by atoms with E-state index in [9.17, 15) is 0 Å². The molecule has 0 aliphatic carbocycles. The number of fused-ring (bicyclic) bond motifs is 9. The minimum atomic E-state index is 0.866. The third-order valence-electron chi connectivity index (χ3n) is 10.3. The van der Waals surface area contributed by atoms with E-state index in [-0.39, 0.29) is 0 Å². The van der Waals surface area contributed by atoms with E-state index >= 15 is 0 Å². The van der Waals surface area contributed by atoms with Gasteiger partial charge in [-0.3, -0.25) is 0 Å². The van der Waals surface area contributed by atoms with Crippen LogP contribution in [0.15, 0.2) is 185 Å². The molecule has 0 N–H and O–H groups in total. The summed E-state index contributed by atoms with van der Waals surface area (Å²) in [5.41, 5.74) is 11.3. The molecule has 0 bridgehead atoms. The molecule has 8 aromatic carbocycles. The van der Waals surface area contributed by atoms with Gasteiger partial charge in [0.05, 0.1) is 11.1 Å².